The molecule has 1 aromatic heterocycles. The number of carboxylic acid groups (broad SMARTS) is 1. The van der Waals surface area contributed by atoms with E-state index in [2.05, 4.69) is 14.7 Å². The largest absolute Gasteiger partial charge is 0.478 e. The SMILES string of the molecule is CC[C@@H](N)c1ccc(OC(F)F)cc1.O=C(O)c1ccc2cncnc2c1. The van der Waals surface area contributed by atoms with Crippen LogP contribution in [0, 0.1) is 0 Å². The van der Waals surface area contributed by atoms with Gasteiger partial charge in [-0.2, -0.15) is 8.78 Å². The number of aromatic nitrogens is 2. The molecule has 2 aromatic carbocycles. The van der Waals surface area contributed by atoms with Crippen LogP contribution in [0.5, 0.6) is 5.75 Å². The second kappa shape index (κ2) is 9.54. The van der Waals surface area contributed by atoms with Crippen molar-refractivity contribution in [2.75, 3.05) is 0 Å². The van der Waals surface area contributed by atoms with Crippen molar-refractivity contribution in [3.05, 3.63) is 66.1 Å². The number of carbonyl (C=O) groups is 1. The molecule has 0 radical (unpaired) electrons. The maximum absolute atomic E-state index is 11.8. The predicted octanol–water partition coefficient (Wildman–Crippen LogP) is 4.03. The molecular weight excluding hydrogens is 356 g/mol. The predicted molar refractivity (Wildman–Crippen MR) is 96.8 cm³/mol. The Labute approximate surface area is 154 Å². The van der Waals surface area contributed by atoms with Gasteiger partial charge in [-0.05, 0) is 36.2 Å². The second-order valence-corrected chi connectivity index (χ2v) is 5.56. The van der Waals surface area contributed by atoms with Crippen LogP contribution in [0.15, 0.2) is 55.0 Å². The molecule has 27 heavy (non-hydrogen) atoms. The van der Waals surface area contributed by atoms with E-state index in [-0.39, 0.29) is 17.4 Å². The van der Waals surface area contributed by atoms with Crippen LogP contribution in [0.4, 0.5) is 8.78 Å². The van der Waals surface area contributed by atoms with Gasteiger partial charge in [0.05, 0.1) is 11.1 Å². The van der Waals surface area contributed by atoms with Gasteiger partial charge < -0.3 is 15.6 Å². The summed E-state index contributed by atoms with van der Waals surface area (Å²) in [5, 5.41) is 9.54. The summed E-state index contributed by atoms with van der Waals surface area (Å²) in [6.07, 6.45) is 3.86. The van der Waals surface area contributed by atoms with Crippen molar-refractivity contribution in [3.8, 4) is 5.75 Å². The zero-order chi connectivity index (χ0) is 19.8. The molecule has 1 atom stereocenters. The van der Waals surface area contributed by atoms with E-state index in [1.54, 1.807) is 24.4 Å². The van der Waals surface area contributed by atoms with E-state index in [0.29, 0.717) is 5.52 Å². The highest BCUT2D eigenvalue weighted by Gasteiger charge is 2.06. The molecule has 0 bridgehead atoms. The number of benzene rings is 2. The minimum Gasteiger partial charge on any atom is -0.478 e. The molecule has 0 aliphatic heterocycles. The lowest BCUT2D eigenvalue weighted by Gasteiger charge is -2.10. The smallest absolute Gasteiger partial charge is 0.387 e. The van der Waals surface area contributed by atoms with Crippen LogP contribution in [-0.4, -0.2) is 27.7 Å². The van der Waals surface area contributed by atoms with E-state index in [1.807, 2.05) is 6.92 Å². The number of alkyl halides is 2. The van der Waals surface area contributed by atoms with Gasteiger partial charge in [0.15, 0.2) is 0 Å². The van der Waals surface area contributed by atoms with Gasteiger partial charge >= 0.3 is 12.6 Å². The van der Waals surface area contributed by atoms with Crippen LogP contribution in [-0.2, 0) is 0 Å². The highest BCUT2D eigenvalue weighted by Crippen LogP contribution is 2.19. The molecule has 0 spiro atoms. The van der Waals surface area contributed by atoms with E-state index in [4.69, 9.17) is 10.8 Å². The number of aromatic carboxylic acids is 1. The van der Waals surface area contributed by atoms with Crippen molar-refractivity contribution in [3.63, 3.8) is 0 Å². The lowest BCUT2D eigenvalue weighted by atomic mass is 10.1. The first-order chi connectivity index (χ1) is 12.9. The normalized spacial score (nSPS) is 11.6. The highest BCUT2D eigenvalue weighted by atomic mass is 19.3. The minimum absolute atomic E-state index is 0.0457. The van der Waals surface area contributed by atoms with Gasteiger partial charge in [0.1, 0.15) is 12.1 Å². The fourth-order valence-electron chi connectivity index (χ4n) is 2.24. The first kappa shape index (κ1) is 20.2. The van der Waals surface area contributed by atoms with Gasteiger partial charge in [0.25, 0.3) is 0 Å². The molecule has 8 heteroatoms. The summed E-state index contributed by atoms with van der Waals surface area (Å²) in [4.78, 5) is 18.4. The molecule has 0 fully saturated rings. The summed E-state index contributed by atoms with van der Waals surface area (Å²) in [7, 11) is 0. The lowest BCUT2D eigenvalue weighted by Crippen LogP contribution is -2.08. The topological polar surface area (TPSA) is 98.3 Å². The van der Waals surface area contributed by atoms with Crippen molar-refractivity contribution in [2.45, 2.75) is 26.0 Å². The van der Waals surface area contributed by atoms with Crippen LogP contribution in [0.2, 0.25) is 0 Å². The van der Waals surface area contributed by atoms with Crippen LogP contribution < -0.4 is 10.5 Å². The van der Waals surface area contributed by atoms with Crippen molar-refractivity contribution < 1.29 is 23.4 Å². The third-order valence-corrected chi connectivity index (χ3v) is 3.73. The minimum atomic E-state index is -2.78. The molecule has 0 aliphatic carbocycles. The monoisotopic (exact) mass is 375 g/mol. The molecule has 1 heterocycles. The van der Waals surface area contributed by atoms with Crippen LogP contribution in [0.25, 0.3) is 10.9 Å². The maximum atomic E-state index is 11.8. The first-order valence-electron chi connectivity index (χ1n) is 8.14. The van der Waals surface area contributed by atoms with E-state index in [0.717, 1.165) is 17.4 Å². The lowest BCUT2D eigenvalue weighted by molar-refractivity contribution is -0.0498. The van der Waals surface area contributed by atoms with Gasteiger partial charge in [-0.3, -0.25) is 0 Å². The zero-order valence-corrected chi connectivity index (χ0v) is 14.5. The Balaban J connectivity index is 0.000000194. The van der Waals surface area contributed by atoms with Crippen molar-refractivity contribution in [2.24, 2.45) is 5.73 Å². The van der Waals surface area contributed by atoms with E-state index >= 15 is 0 Å². The zero-order valence-electron chi connectivity index (χ0n) is 14.5. The molecule has 0 unspecified atom stereocenters. The number of hydrogen-bond donors (Lipinski definition) is 2. The number of nitrogens with zero attached hydrogens (tertiary/aromatic N) is 2. The Hall–Kier alpha value is -3.13. The number of ether oxygens (including phenoxy) is 1. The van der Waals surface area contributed by atoms with E-state index in [9.17, 15) is 13.6 Å². The van der Waals surface area contributed by atoms with Crippen molar-refractivity contribution >= 4 is 16.9 Å². The van der Waals surface area contributed by atoms with Crippen LogP contribution >= 0.6 is 0 Å². The average molecular weight is 375 g/mol. The Morgan fingerprint density at radius 1 is 1.22 bits per heavy atom. The Kier molecular flexibility index (Phi) is 7.13. The molecule has 0 saturated carbocycles. The van der Waals surface area contributed by atoms with Gasteiger partial charge in [-0.1, -0.05) is 25.1 Å². The average Bonchev–Trinajstić information content (AvgIpc) is 2.67. The third-order valence-electron chi connectivity index (χ3n) is 3.73. The number of nitrogens with two attached hydrogens (primary N) is 1. The molecule has 0 aliphatic rings. The van der Waals surface area contributed by atoms with Gasteiger partial charge in [-0.15, -0.1) is 0 Å². The van der Waals surface area contributed by atoms with Gasteiger partial charge in [-0.25, -0.2) is 14.8 Å². The highest BCUT2D eigenvalue weighted by molar-refractivity contribution is 5.92. The fourth-order valence-corrected chi connectivity index (χ4v) is 2.24. The second-order valence-electron chi connectivity index (χ2n) is 5.56. The standard InChI is InChI=1S/C10H13F2NO.C9H6N2O2/c1-2-9(13)7-3-5-8(6-4-7)14-10(11)12;12-9(13)6-1-2-7-4-10-5-11-8(7)3-6/h3-6,9-10H,2,13H2,1H3;1-5H,(H,12,13)/t9-;/m1./s1. The summed E-state index contributed by atoms with van der Waals surface area (Å²) < 4.78 is 27.8. The number of hydrogen-bond acceptors (Lipinski definition) is 5. The number of carboxylic acids is 1. The molecule has 0 amide bonds. The summed E-state index contributed by atoms with van der Waals surface area (Å²) in [5.74, 6) is -0.785. The van der Waals surface area contributed by atoms with Crippen LogP contribution in [0.3, 0.4) is 0 Å². The summed E-state index contributed by atoms with van der Waals surface area (Å²) in [6, 6.07) is 11.1. The van der Waals surface area contributed by atoms with Gasteiger partial charge in [0.2, 0.25) is 0 Å². The van der Waals surface area contributed by atoms with E-state index < -0.39 is 12.6 Å². The number of fused-ring (bicyclic) bond motifs is 1. The number of halogens is 2. The molecule has 142 valence electrons. The molecule has 3 aromatic rings. The quantitative estimate of drug-likeness (QED) is 0.699. The maximum Gasteiger partial charge on any atom is 0.387 e. The van der Waals surface area contributed by atoms with Crippen molar-refractivity contribution in [1.82, 2.24) is 9.97 Å². The summed E-state index contributed by atoms with van der Waals surface area (Å²) >= 11 is 0. The first-order valence-corrected chi connectivity index (χ1v) is 8.14. The number of rotatable bonds is 5. The molecule has 3 rings (SSSR count). The van der Waals surface area contributed by atoms with E-state index in [1.165, 1.54) is 30.6 Å². The third kappa shape index (κ3) is 5.96. The van der Waals surface area contributed by atoms with Gasteiger partial charge in [0, 0.05) is 17.6 Å². The molecule has 3 N–H and O–H groups in total. The molecular formula is C19H19F2N3O3. The van der Waals surface area contributed by atoms with Crippen LogP contribution in [0.1, 0.15) is 35.3 Å². The molecule has 6 nitrogen and oxygen atoms in total. The molecule has 0 saturated heterocycles. The Bertz CT molecular complexity index is 889. The summed E-state index contributed by atoms with van der Waals surface area (Å²) in [5.41, 5.74) is 7.57. The Morgan fingerprint density at radius 3 is 2.52 bits per heavy atom. The fraction of sp³-hybridized carbons (Fsp3) is 0.211. The van der Waals surface area contributed by atoms with Crippen molar-refractivity contribution in [1.29, 1.82) is 0 Å². The Morgan fingerprint density at radius 2 is 1.93 bits per heavy atom. The summed E-state index contributed by atoms with van der Waals surface area (Å²) in [6.45, 7) is -0.811.